The van der Waals surface area contributed by atoms with Crippen LogP contribution < -0.4 is 15.1 Å². The Balaban J connectivity index is 1.41. The number of carbonyl (C=O) groups excluding carboxylic acids is 2. The predicted molar refractivity (Wildman–Crippen MR) is 116 cm³/mol. The molecule has 0 atom stereocenters. The van der Waals surface area contributed by atoms with Crippen molar-refractivity contribution in [3.8, 4) is 0 Å². The molecule has 8 nitrogen and oxygen atoms in total. The normalized spacial score (nSPS) is 18.5. The van der Waals surface area contributed by atoms with Crippen LogP contribution in [0.4, 0.5) is 16.4 Å². The number of aromatic nitrogens is 2. The van der Waals surface area contributed by atoms with Crippen LogP contribution in [0.25, 0.3) is 0 Å². The number of amides is 3. The van der Waals surface area contributed by atoms with Crippen molar-refractivity contribution in [2.45, 2.75) is 33.2 Å². The van der Waals surface area contributed by atoms with Gasteiger partial charge in [-0.3, -0.25) is 9.69 Å². The number of urea groups is 1. The fourth-order valence-corrected chi connectivity index (χ4v) is 4.13. The molecule has 0 spiro atoms. The minimum Gasteiger partial charge on any atom is -0.353 e. The lowest BCUT2D eigenvalue weighted by Gasteiger charge is -2.36. The molecule has 30 heavy (non-hydrogen) atoms. The molecule has 2 saturated heterocycles. The first-order chi connectivity index (χ1) is 14.3. The number of hydrogen-bond acceptors (Lipinski definition) is 5. The Hall–Kier alpha value is -3.16. The summed E-state index contributed by atoms with van der Waals surface area (Å²) in [5.41, 5.74) is 2.49. The average Bonchev–Trinajstić information content (AvgIpc) is 3.00. The van der Waals surface area contributed by atoms with Crippen LogP contribution in [0.1, 0.15) is 35.3 Å². The van der Waals surface area contributed by atoms with Gasteiger partial charge < -0.3 is 15.1 Å². The van der Waals surface area contributed by atoms with E-state index in [1.54, 1.807) is 23.2 Å². The Bertz CT molecular complexity index is 964. The fourth-order valence-electron chi connectivity index (χ4n) is 4.13. The van der Waals surface area contributed by atoms with Gasteiger partial charge >= 0.3 is 6.03 Å². The van der Waals surface area contributed by atoms with Crippen molar-refractivity contribution in [2.24, 2.45) is 0 Å². The molecule has 2 aliphatic rings. The van der Waals surface area contributed by atoms with Crippen LogP contribution in [0.3, 0.4) is 0 Å². The quantitative estimate of drug-likeness (QED) is 0.843. The van der Waals surface area contributed by atoms with Gasteiger partial charge in [-0.15, -0.1) is 0 Å². The summed E-state index contributed by atoms with van der Waals surface area (Å²) in [6.45, 7) is 11.4. The zero-order chi connectivity index (χ0) is 21.5. The Labute approximate surface area is 176 Å². The van der Waals surface area contributed by atoms with E-state index in [1.165, 1.54) is 0 Å². The molecule has 1 N–H and O–H groups in total. The Kier molecular flexibility index (Phi) is 5.09. The first-order valence-electron chi connectivity index (χ1n) is 10.3. The molecule has 0 aliphatic carbocycles. The largest absolute Gasteiger partial charge is 0.353 e. The van der Waals surface area contributed by atoms with Gasteiger partial charge in [0.2, 0.25) is 0 Å². The molecule has 2 aliphatic heterocycles. The summed E-state index contributed by atoms with van der Waals surface area (Å²) in [4.78, 5) is 39.8. The van der Waals surface area contributed by atoms with Crippen molar-refractivity contribution in [3.63, 3.8) is 0 Å². The molecule has 0 bridgehead atoms. The highest BCUT2D eigenvalue weighted by Gasteiger charge is 2.39. The number of anilines is 2. The second-order valence-corrected chi connectivity index (χ2v) is 8.64. The number of piperazine rings is 1. The van der Waals surface area contributed by atoms with Gasteiger partial charge in [0.25, 0.3) is 5.91 Å². The highest BCUT2D eigenvalue weighted by molar-refractivity contribution is 5.97. The van der Waals surface area contributed by atoms with Crippen LogP contribution in [-0.2, 0) is 0 Å². The van der Waals surface area contributed by atoms with Crippen LogP contribution in [0.5, 0.6) is 0 Å². The summed E-state index contributed by atoms with van der Waals surface area (Å²) >= 11 is 0. The van der Waals surface area contributed by atoms with E-state index in [9.17, 15) is 9.59 Å². The van der Waals surface area contributed by atoms with Gasteiger partial charge in [0.05, 0.1) is 11.1 Å². The van der Waals surface area contributed by atoms with Crippen LogP contribution in [0, 0.1) is 13.8 Å². The van der Waals surface area contributed by atoms with Crippen molar-refractivity contribution < 1.29 is 9.59 Å². The molecule has 2 aromatic heterocycles. The molecule has 8 heteroatoms. The van der Waals surface area contributed by atoms with E-state index in [0.717, 1.165) is 30.0 Å². The molecule has 2 fully saturated rings. The molecule has 4 heterocycles. The van der Waals surface area contributed by atoms with E-state index in [1.807, 2.05) is 31.9 Å². The molecule has 4 rings (SSSR count). The smallest absolute Gasteiger partial charge is 0.323 e. The lowest BCUT2D eigenvalue weighted by molar-refractivity contribution is 0.0746. The number of rotatable bonds is 3. The summed E-state index contributed by atoms with van der Waals surface area (Å²) in [6, 6.07) is 5.47. The van der Waals surface area contributed by atoms with E-state index in [0.29, 0.717) is 31.0 Å². The van der Waals surface area contributed by atoms with E-state index < -0.39 is 0 Å². The van der Waals surface area contributed by atoms with Crippen molar-refractivity contribution >= 4 is 23.6 Å². The fraction of sp³-hybridized carbons (Fsp3) is 0.455. The minimum atomic E-state index is -0.353. The molecule has 0 aromatic carbocycles. The maximum atomic E-state index is 12.9. The number of nitrogens with zero attached hydrogens (tertiary/aromatic N) is 5. The maximum Gasteiger partial charge on any atom is 0.323 e. The van der Waals surface area contributed by atoms with Gasteiger partial charge in [-0.2, -0.15) is 0 Å². The molecular weight excluding hydrogens is 380 g/mol. The van der Waals surface area contributed by atoms with E-state index in [2.05, 4.69) is 33.2 Å². The monoisotopic (exact) mass is 408 g/mol. The average molecular weight is 409 g/mol. The number of hydrogen-bond donors (Lipinski definition) is 1. The van der Waals surface area contributed by atoms with Crippen molar-refractivity contribution in [1.82, 2.24) is 20.2 Å². The Morgan fingerprint density at radius 3 is 2.37 bits per heavy atom. The summed E-state index contributed by atoms with van der Waals surface area (Å²) in [7, 11) is 0. The third-order valence-electron chi connectivity index (χ3n) is 5.76. The first kappa shape index (κ1) is 20.1. The topological polar surface area (TPSA) is 81.7 Å². The summed E-state index contributed by atoms with van der Waals surface area (Å²) < 4.78 is 0. The number of pyridine rings is 2. The van der Waals surface area contributed by atoms with Crippen molar-refractivity contribution in [2.75, 3.05) is 42.5 Å². The van der Waals surface area contributed by atoms with Crippen LogP contribution in [0.2, 0.25) is 0 Å². The molecule has 0 radical (unpaired) electrons. The molecule has 0 saturated carbocycles. The summed E-state index contributed by atoms with van der Waals surface area (Å²) in [5.74, 6) is 1.51. The Morgan fingerprint density at radius 1 is 1.07 bits per heavy atom. The van der Waals surface area contributed by atoms with Crippen LogP contribution in [0.15, 0.2) is 30.6 Å². The van der Waals surface area contributed by atoms with Crippen molar-refractivity contribution in [3.05, 3.63) is 47.3 Å². The third-order valence-corrected chi connectivity index (χ3v) is 5.76. The molecule has 158 valence electrons. The number of nitrogens with one attached hydrogen (secondary N) is 1. The summed E-state index contributed by atoms with van der Waals surface area (Å²) in [5, 5.41) is 2.83. The van der Waals surface area contributed by atoms with Gasteiger partial charge in [-0.05, 0) is 51.0 Å². The molecule has 2 aromatic rings. The van der Waals surface area contributed by atoms with Gasteiger partial charge in [0.15, 0.2) is 0 Å². The molecular formula is C22H28N6O2. The molecule has 3 amide bonds. The van der Waals surface area contributed by atoms with E-state index in [4.69, 9.17) is 0 Å². The number of aryl methyl sites for hydroxylation is 2. The molecule has 0 unspecified atom stereocenters. The highest BCUT2D eigenvalue weighted by Crippen LogP contribution is 2.26. The minimum absolute atomic E-state index is 0.0348. The standard InChI is InChI=1S/C22H28N6O2/c1-15-11-16(2)19(24-12-15)26-7-9-27(10-8-26)20(29)17-5-6-18(23-13-17)28-21(30)25-14-22(28,3)4/h5-6,11-13H,7-10,14H2,1-4H3,(H,25,30). The first-order valence-corrected chi connectivity index (χ1v) is 10.3. The lowest BCUT2D eigenvalue weighted by atomic mass is 10.1. The van der Waals surface area contributed by atoms with Gasteiger partial charge in [0, 0.05) is 45.1 Å². The zero-order valence-corrected chi connectivity index (χ0v) is 18.0. The maximum absolute atomic E-state index is 12.9. The van der Waals surface area contributed by atoms with Crippen LogP contribution in [-0.4, -0.2) is 65.1 Å². The van der Waals surface area contributed by atoms with E-state index >= 15 is 0 Å². The van der Waals surface area contributed by atoms with Crippen molar-refractivity contribution in [1.29, 1.82) is 0 Å². The lowest BCUT2D eigenvalue weighted by Crippen LogP contribution is -2.49. The van der Waals surface area contributed by atoms with Gasteiger partial charge in [-0.1, -0.05) is 6.07 Å². The van der Waals surface area contributed by atoms with Gasteiger partial charge in [0.1, 0.15) is 11.6 Å². The highest BCUT2D eigenvalue weighted by atomic mass is 16.2. The SMILES string of the molecule is Cc1cnc(N2CCN(C(=O)c3ccc(N4C(=O)NCC4(C)C)nc3)CC2)c(C)c1. The second kappa shape index (κ2) is 7.59. The van der Waals surface area contributed by atoms with Crippen LogP contribution >= 0.6 is 0 Å². The van der Waals surface area contributed by atoms with Gasteiger partial charge in [-0.25, -0.2) is 14.8 Å². The Morgan fingerprint density at radius 2 is 1.80 bits per heavy atom. The third kappa shape index (κ3) is 3.69. The number of carbonyl (C=O) groups is 2. The second-order valence-electron chi connectivity index (χ2n) is 8.64. The summed E-state index contributed by atoms with van der Waals surface area (Å²) in [6.07, 6.45) is 3.45. The zero-order valence-electron chi connectivity index (χ0n) is 18.0. The van der Waals surface area contributed by atoms with E-state index in [-0.39, 0.29) is 17.5 Å². The predicted octanol–water partition coefficient (Wildman–Crippen LogP) is 2.36.